The highest BCUT2D eigenvalue weighted by atomic mass is 16.2. The summed E-state index contributed by atoms with van der Waals surface area (Å²) in [4.78, 5) is 26.6. The van der Waals surface area contributed by atoms with Gasteiger partial charge in [0.1, 0.15) is 0 Å². The molecule has 1 heterocycles. The number of fused-ring (bicyclic) bond motifs is 1. The molecule has 4 nitrogen and oxygen atoms in total. The molecule has 1 saturated heterocycles. The number of nitrogens with zero attached hydrogens (tertiary/aromatic N) is 1. The number of carbonyl (C=O) groups excluding carboxylic acids is 2. The SMILES string of the molecule is CC(c1ccc2ccccc2c1)N(C(=O)C1CCC(=O)NC1)C1CC1. The van der Waals surface area contributed by atoms with Crippen LogP contribution in [-0.2, 0) is 9.59 Å². The van der Waals surface area contributed by atoms with Gasteiger partial charge in [-0.3, -0.25) is 9.59 Å². The van der Waals surface area contributed by atoms with E-state index in [1.54, 1.807) is 0 Å². The minimum absolute atomic E-state index is 0.0576. The Hall–Kier alpha value is -2.36. The molecule has 2 amide bonds. The predicted octanol–water partition coefficient (Wildman–Crippen LogP) is 3.42. The van der Waals surface area contributed by atoms with Crippen molar-refractivity contribution in [2.75, 3.05) is 6.54 Å². The van der Waals surface area contributed by atoms with Gasteiger partial charge in [0.15, 0.2) is 0 Å². The van der Waals surface area contributed by atoms with Crippen molar-refractivity contribution in [2.45, 2.75) is 44.7 Å². The summed E-state index contributed by atoms with van der Waals surface area (Å²) in [5.74, 6) is 0.175. The van der Waals surface area contributed by atoms with Gasteiger partial charge in [0.2, 0.25) is 11.8 Å². The molecule has 130 valence electrons. The number of hydrogen-bond acceptors (Lipinski definition) is 2. The van der Waals surface area contributed by atoms with Crippen LogP contribution in [-0.4, -0.2) is 29.3 Å². The van der Waals surface area contributed by atoms with Crippen molar-refractivity contribution in [2.24, 2.45) is 5.92 Å². The fourth-order valence-electron chi connectivity index (χ4n) is 3.82. The fraction of sp³-hybridized carbons (Fsp3) is 0.429. The molecule has 1 aliphatic carbocycles. The van der Waals surface area contributed by atoms with Crippen LogP contribution in [0.5, 0.6) is 0 Å². The van der Waals surface area contributed by atoms with Gasteiger partial charge in [-0.1, -0.05) is 36.4 Å². The molecule has 25 heavy (non-hydrogen) atoms. The molecule has 0 radical (unpaired) electrons. The van der Waals surface area contributed by atoms with Crippen LogP contribution < -0.4 is 5.32 Å². The Morgan fingerprint density at radius 1 is 1.12 bits per heavy atom. The van der Waals surface area contributed by atoms with Gasteiger partial charge in [-0.15, -0.1) is 0 Å². The summed E-state index contributed by atoms with van der Waals surface area (Å²) in [5.41, 5.74) is 1.18. The molecule has 4 rings (SSSR count). The van der Waals surface area contributed by atoms with Crippen molar-refractivity contribution in [1.82, 2.24) is 10.2 Å². The number of nitrogens with one attached hydrogen (secondary N) is 1. The Kier molecular flexibility index (Phi) is 4.20. The number of benzene rings is 2. The number of amides is 2. The van der Waals surface area contributed by atoms with Crippen LogP contribution in [0.3, 0.4) is 0 Å². The largest absolute Gasteiger partial charge is 0.355 e. The molecular weight excluding hydrogens is 312 g/mol. The molecule has 2 atom stereocenters. The average Bonchev–Trinajstić information content (AvgIpc) is 3.47. The molecule has 0 aromatic heterocycles. The lowest BCUT2D eigenvalue weighted by atomic mass is 9.95. The topological polar surface area (TPSA) is 49.4 Å². The molecule has 1 aliphatic heterocycles. The molecule has 2 aliphatic rings. The zero-order valence-electron chi connectivity index (χ0n) is 14.6. The Bertz CT molecular complexity index is 802. The summed E-state index contributed by atoms with van der Waals surface area (Å²) in [6.45, 7) is 2.60. The van der Waals surface area contributed by atoms with E-state index < -0.39 is 0 Å². The zero-order valence-corrected chi connectivity index (χ0v) is 14.6. The molecule has 1 saturated carbocycles. The summed E-state index contributed by atoms with van der Waals surface area (Å²) in [5, 5.41) is 5.27. The average molecular weight is 336 g/mol. The van der Waals surface area contributed by atoms with E-state index in [0.29, 0.717) is 25.4 Å². The quantitative estimate of drug-likeness (QED) is 0.930. The minimum Gasteiger partial charge on any atom is -0.355 e. The van der Waals surface area contributed by atoms with Gasteiger partial charge in [-0.2, -0.15) is 0 Å². The minimum atomic E-state index is -0.0822. The Balaban J connectivity index is 1.58. The van der Waals surface area contributed by atoms with Gasteiger partial charge in [0, 0.05) is 19.0 Å². The molecule has 2 aromatic carbocycles. The van der Waals surface area contributed by atoms with E-state index in [-0.39, 0.29) is 23.8 Å². The van der Waals surface area contributed by atoms with E-state index in [9.17, 15) is 9.59 Å². The van der Waals surface area contributed by atoms with Crippen molar-refractivity contribution in [3.63, 3.8) is 0 Å². The van der Waals surface area contributed by atoms with Crippen molar-refractivity contribution >= 4 is 22.6 Å². The standard InChI is InChI=1S/C21H24N2O2/c1-14(16-7-6-15-4-2-3-5-17(15)12-16)23(19-9-10-19)21(25)18-8-11-20(24)22-13-18/h2-7,12,14,18-19H,8-11,13H2,1H3,(H,22,24). The molecule has 2 fully saturated rings. The second-order valence-electron chi connectivity index (χ2n) is 7.30. The first kappa shape index (κ1) is 16.1. The van der Waals surface area contributed by atoms with Gasteiger partial charge in [-0.25, -0.2) is 0 Å². The maximum absolute atomic E-state index is 13.1. The van der Waals surface area contributed by atoms with Gasteiger partial charge >= 0.3 is 0 Å². The number of carbonyl (C=O) groups is 2. The van der Waals surface area contributed by atoms with E-state index in [1.165, 1.54) is 16.3 Å². The normalized spacial score (nSPS) is 21.6. The summed E-state index contributed by atoms with van der Waals surface area (Å²) in [6, 6.07) is 15.2. The van der Waals surface area contributed by atoms with Gasteiger partial charge in [0.05, 0.1) is 12.0 Å². The zero-order chi connectivity index (χ0) is 17.4. The van der Waals surface area contributed by atoms with Crippen molar-refractivity contribution < 1.29 is 9.59 Å². The van der Waals surface area contributed by atoms with E-state index in [2.05, 4.69) is 47.5 Å². The molecule has 2 unspecified atom stereocenters. The van der Waals surface area contributed by atoms with Gasteiger partial charge in [0.25, 0.3) is 0 Å². The second kappa shape index (κ2) is 6.51. The molecule has 0 spiro atoms. The number of hydrogen-bond donors (Lipinski definition) is 1. The Labute approximate surface area is 148 Å². The smallest absolute Gasteiger partial charge is 0.228 e. The first-order valence-electron chi connectivity index (χ1n) is 9.21. The highest BCUT2D eigenvalue weighted by Gasteiger charge is 2.39. The highest BCUT2D eigenvalue weighted by molar-refractivity contribution is 5.85. The number of piperidine rings is 1. The fourth-order valence-corrected chi connectivity index (χ4v) is 3.82. The lowest BCUT2D eigenvalue weighted by Crippen LogP contribution is -2.46. The lowest BCUT2D eigenvalue weighted by Gasteiger charge is -2.34. The summed E-state index contributed by atoms with van der Waals surface area (Å²) >= 11 is 0. The first-order valence-corrected chi connectivity index (χ1v) is 9.21. The Morgan fingerprint density at radius 3 is 2.56 bits per heavy atom. The van der Waals surface area contributed by atoms with E-state index >= 15 is 0 Å². The maximum Gasteiger partial charge on any atom is 0.228 e. The van der Waals surface area contributed by atoms with Crippen LogP contribution in [0.15, 0.2) is 42.5 Å². The predicted molar refractivity (Wildman–Crippen MR) is 98.0 cm³/mol. The van der Waals surface area contributed by atoms with Crippen LogP contribution >= 0.6 is 0 Å². The van der Waals surface area contributed by atoms with E-state index in [4.69, 9.17) is 0 Å². The monoisotopic (exact) mass is 336 g/mol. The van der Waals surface area contributed by atoms with Crippen LogP contribution in [0.25, 0.3) is 10.8 Å². The Morgan fingerprint density at radius 2 is 1.88 bits per heavy atom. The van der Waals surface area contributed by atoms with Crippen LogP contribution in [0.1, 0.15) is 44.2 Å². The lowest BCUT2D eigenvalue weighted by molar-refractivity contribution is -0.140. The third kappa shape index (κ3) is 3.26. The third-order valence-corrected chi connectivity index (χ3v) is 5.48. The van der Waals surface area contributed by atoms with Crippen molar-refractivity contribution in [3.05, 3.63) is 48.0 Å². The summed E-state index contributed by atoms with van der Waals surface area (Å²) in [7, 11) is 0. The van der Waals surface area contributed by atoms with Crippen LogP contribution in [0.2, 0.25) is 0 Å². The molecule has 2 aromatic rings. The molecule has 1 N–H and O–H groups in total. The third-order valence-electron chi connectivity index (χ3n) is 5.48. The second-order valence-corrected chi connectivity index (χ2v) is 7.30. The van der Waals surface area contributed by atoms with E-state index in [0.717, 1.165) is 12.8 Å². The number of rotatable bonds is 4. The highest BCUT2D eigenvalue weighted by Crippen LogP contribution is 2.37. The maximum atomic E-state index is 13.1. The van der Waals surface area contributed by atoms with Crippen LogP contribution in [0.4, 0.5) is 0 Å². The summed E-state index contributed by atoms with van der Waals surface area (Å²) in [6.07, 6.45) is 3.29. The molecule has 0 bridgehead atoms. The van der Waals surface area contributed by atoms with Gasteiger partial charge in [-0.05, 0) is 48.6 Å². The first-order chi connectivity index (χ1) is 12.1. The summed E-state index contributed by atoms with van der Waals surface area (Å²) < 4.78 is 0. The van der Waals surface area contributed by atoms with Crippen molar-refractivity contribution in [1.29, 1.82) is 0 Å². The van der Waals surface area contributed by atoms with E-state index in [1.807, 2.05) is 12.1 Å². The van der Waals surface area contributed by atoms with Crippen LogP contribution in [0, 0.1) is 5.92 Å². The van der Waals surface area contributed by atoms with Gasteiger partial charge < -0.3 is 10.2 Å². The molecular formula is C21H24N2O2. The van der Waals surface area contributed by atoms with Crippen molar-refractivity contribution in [3.8, 4) is 0 Å². The molecule has 4 heteroatoms.